The minimum Gasteiger partial charge on any atom is -0.352 e. The van der Waals surface area contributed by atoms with Gasteiger partial charge >= 0.3 is 0 Å². The van der Waals surface area contributed by atoms with Crippen LogP contribution in [0.4, 0.5) is 0 Å². The minimum atomic E-state index is -0.400. The van der Waals surface area contributed by atoms with Crippen LogP contribution in [-0.4, -0.2) is 33.9 Å². The van der Waals surface area contributed by atoms with Crippen molar-refractivity contribution >= 4 is 11.8 Å². The monoisotopic (exact) mass is 435 g/mol. The van der Waals surface area contributed by atoms with Crippen LogP contribution in [-0.2, 0) is 11.3 Å². The van der Waals surface area contributed by atoms with E-state index in [1.165, 1.54) is 11.0 Å². The highest BCUT2D eigenvalue weighted by atomic mass is 16.2. The average molecular weight is 436 g/mol. The molecule has 2 aliphatic rings. The van der Waals surface area contributed by atoms with Gasteiger partial charge in [-0.25, -0.2) is 0 Å². The van der Waals surface area contributed by atoms with Crippen molar-refractivity contribution in [2.45, 2.75) is 77.4 Å². The lowest BCUT2D eigenvalue weighted by Gasteiger charge is -2.27. The summed E-state index contributed by atoms with van der Waals surface area (Å²) in [6.07, 6.45) is 8.86. The molecule has 1 atom stereocenters. The van der Waals surface area contributed by atoms with Gasteiger partial charge in [-0.1, -0.05) is 43.0 Å². The summed E-state index contributed by atoms with van der Waals surface area (Å²) in [5.41, 5.74) is 3.21. The van der Waals surface area contributed by atoms with Crippen molar-refractivity contribution in [3.8, 4) is 0 Å². The van der Waals surface area contributed by atoms with E-state index in [9.17, 15) is 14.4 Å². The predicted octanol–water partition coefficient (Wildman–Crippen LogP) is 3.89. The van der Waals surface area contributed by atoms with Crippen LogP contribution in [0.15, 0.2) is 41.3 Å². The molecule has 1 aliphatic heterocycles. The minimum absolute atomic E-state index is 0.0231. The lowest BCUT2D eigenvalue weighted by molar-refractivity contribution is -0.122. The van der Waals surface area contributed by atoms with E-state index in [4.69, 9.17) is 0 Å². The molecule has 0 unspecified atom stereocenters. The molecule has 0 bridgehead atoms. The van der Waals surface area contributed by atoms with Crippen LogP contribution < -0.4 is 10.9 Å². The first-order chi connectivity index (χ1) is 15.4. The Kier molecular flexibility index (Phi) is 6.77. The van der Waals surface area contributed by atoms with Gasteiger partial charge < -0.3 is 14.8 Å². The summed E-state index contributed by atoms with van der Waals surface area (Å²) in [5, 5.41) is 3.04. The lowest BCUT2D eigenvalue weighted by Crippen LogP contribution is -2.41. The number of benzene rings is 1. The molecule has 6 heteroatoms. The van der Waals surface area contributed by atoms with E-state index in [0.29, 0.717) is 6.54 Å². The molecule has 0 spiro atoms. The van der Waals surface area contributed by atoms with Crippen LogP contribution in [0, 0.1) is 13.8 Å². The number of hydrogen-bond donors (Lipinski definition) is 1. The van der Waals surface area contributed by atoms with Crippen LogP contribution in [0.3, 0.4) is 0 Å². The first-order valence-corrected chi connectivity index (χ1v) is 11.8. The molecule has 1 saturated carbocycles. The largest absolute Gasteiger partial charge is 0.352 e. The second kappa shape index (κ2) is 9.72. The molecule has 1 aliphatic carbocycles. The van der Waals surface area contributed by atoms with Gasteiger partial charge in [-0.15, -0.1) is 0 Å². The number of carbonyl (C=O) groups excluding carboxylic acids is 2. The van der Waals surface area contributed by atoms with Crippen molar-refractivity contribution in [2.24, 2.45) is 0 Å². The summed E-state index contributed by atoms with van der Waals surface area (Å²) in [4.78, 5) is 40.8. The Labute approximate surface area is 189 Å². The second-order valence-electron chi connectivity index (χ2n) is 9.27. The molecule has 2 amide bonds. The molecule has 1 aromatic heterocycles. The van der Waals surface area contributed by atoms with Crippen LogP contribution in [0.25, 0.3) is 0 Å². The Hall–Kier alpha value is -2.89. The highest BCUT2D eigenvalue weighted by Crippen LogP contribution is 2.35. The van der Waals surface area contributed by atoms with E-state index in [2.05, 4.69) is 37.4 Å². The molecular formula is C26H33N3O3. The summed E-state index contributed by atoms with van der Waals surface area (Å²) in [7, 11) is 0. The number of pyridine rings is 1. The highest BCUT2D eigenvalue weighted by Gasteiger charge is 2.32. The zero-order valence-corrected chi connectivity index (χ0v) is 19.1. The third-order valence-electron chi connectivity index (χ3n) is 6.84. The second-order valence-corrected chi connectivity index (χ2v) is 9.27. The summed E-state index contributed by atoms with van der Waals surface area (Å²) < 4.78 is 1.36. The Morgan fingerprint density at radius 1 is 1.03 bits per heavy atom. The van der Waals surface area contributed by atoms with Crippen molar-refractivity contribution < 1.29 is 9.59 Å². The molecule has 32 heavy (non-hydrogen) atoms. The van der Waals surface area contributed by atoms with E-state index >= 15 is 0 Å². The van der Waals surface area contributed by atoms with Gasteiger partial charge in [0.1, 0.15) is 12.1 Å². The number of likely N-dealkylation sites (tertiary alicyclic amines) is 1. The number of hydrogen-bond acceptors (Lipinski definition) is 3. The maximum absolute atomic E-state index is 13.4. The van der Waals surface area contributed by atoms with Crippen LogP contribution >= 0.6 is 0 Å². The fourth-order valence-corrected chi connectivity index (χ4v) is 5.11. The quantitative estimate of drug-likeness (QED) is 0.775. The van der Waals surface area contributed by atoms with Gasteiger partial charge in [0, 0.05) is 18.8 Å². The third kappa shape index (κ3) is 4.79. The van der Waals surface area contributed by atoms with E-state index < -0.39 is 5.56 Å². The molecule has 2 fully saturated rings. The molecule has 6 nitrogen and oxygen atoms in total. The maximum Gasteiger partial charge on any atom is 0.263 e. The molecular weight excluding hydrogens is 402 g/mol. The van der Waals surface area contributed by atoms with Gasteiger partial charge in [0.2, 0.25) is 5.91 Å². The first kappa shape index (κ1) is 22.3. The third-order valence-corrected chi connectivity index (χ3v) is 6.84. The van der Waals surface area contributed by atoms with Gasteiger partial charge in [-0.2, -0.15) is 0 Å². The van der Waals surface area contributed by atoms with Crippen LogP contribution in [0.5, 0.6) is 0 Å². The summed E-state index contributed by atoms with van der Waals surface area (Å²) in [5.74, 6) is -0.418. The highest BCUT2D eigenvalue weighted by molar-refractivity contribution is 5.94. The van der Waals surface area contributed by atoms with Crippen LogP contribution in [0.2, 0.25) is 0 Å². The summed E-state index contributed by atoms with van der Waals surface area (Å²) in [6, 6.07) is 9.75. The van der Waals surface area contributed by atoms with Crippen LogP contribution in [0.1, 0.15) is 78.0 Å². The molecule has 1 aromatic carbocycles. The lowest BCUT2D eigenvalue weighted by atomic mass is 9.95. The number of nitrogens with one attached hydrogen (secondary N) is 1. The fraction of sp³-hybridized carbons (Fsp3) is 0.500. The first-order valence-electron chi connectivity index (χ1n) is 11.8. The number of rotatable bonds is 5. The van der Waals surface area contributed by atoms with E-state index in [0.717, 1.165) is 55.2 Å². The average Bonchev–Trinajstić information content (AvgIpc) is 3.27. The number of nitrogens with zero attached hydrogens (tertiary/aromatic N) is 2. The fourth-order valence-electron chi connectivity index (χ4n) is 5.11. The summed E-state index contributed by atoms with van der Waals surface area (Å²) in [6.45, 7) is 4.69. The van der Waals surface area contributed by atoms with Crippen molar-refractivity contribution in [1.82, 2.24) is 14.8 Å². The Morgan fingerprint density at radius 2 is 1.81 bits per heavy atom. The number of carbonyl (C=O) groups is 2. The number of aromatic nitrogens is 1. The van der Waals surface area contributed by atoms with Crippen molar-refractivity contribution in [1.29, 1.82) is 0 Å². The zero-order chi connectivity index (χ0) is 22.7. The van der Waals surface area contributed by atoms with Gasteiger partial charge in [-0.3, -0.25) is 14.4 Å². The predicted molar refractivity (Wildman–Crippen MR) is 125 cm³/mol. The molecule has 170 valence electrons. The van der Waals surface area contributed by atoms with Crippen molar-refractivity contribution in [3.05, 3.63) is 69.1 Å². The molecule has 0 radical (unpaired) electrons. The topological polar surface area (TPSA) is 71.4 Å². The normalized spacial score (nSPS) is 19.2. The number of aryl methyl sites for hydroxylation is 2. The van der Waals surface area contributed by atoms with Gasteiger partial charge in [-0.05, 0) is 62.8 Å². The molecule has 2 heterocycles. The Morgan fingerprint density at radius 3 is 2.59 bits per heavy atom. The SMILES string of the molecule is Cc1ccc(C)c([C@H]2CCCN2C(=O)c2cccn(CC(=O)NC3CCCCC3)c2=O)c1. The van der Waals surface area contributed by atoms with Gasteiger partial charge in [0.25, 0.3) is 11.5 Å². The standard InChI is InChI=1S/C26H33N3O3/c1-18-12-13-19(2)22(16-18)23-11-7-15-29(23)26(32)21-10-6-14-28(25(21)31)17-24(30)27-20-8-4-3-5-9-20/h6,10,12-14,16,20,23H,3-5,7-9,11,15,17H2,1-2H3,(H,27,30)/t23-/m1/s1. The zero-order valence-electron chi connectivity index (χ0n) is 19.1. The van der Waals surface area contributed by atoms with E-state index in [1.54, 1.807) is 18.3 Å². The van der Waals surface area contributed by atoms with E-state index in [1.807, 2.05) is 4.90 Å². The van der Waals surface area contributed by atoms with Crippen molar-refractivity contribution in [2.75, 3.05) is 6.54 Å². The molecule has 4 rings (SSSR count). The Balaban J connectivity index is 1.52. The smallest absolute Gasteiger partial charge is 0.263 e. The molecule has 1 N–H and O–H groups in total. The summed E-state index contributed by atoms with van der Waals surface area (Å²) >= 11 is 0. The van der Waals surface area contributed by atoms with Gasteiger partial charge in [0.15, 0.2) is 0 Å². The van der Waals surface area contributed by atoms with E-state index in [-0.39, 0.29) is 36.0 Å². The number of amides is 2. The Bertz CT molecular complexity index is 1050. The molecule has 2 aromatic rings. The van der Waals surface area contributed by atoms with Crippen molar-refractivity contribution in [3.63, 3.8) is 0 Å². The maximum atomic E-state index is 13.4. The van der Waals surface area contributed by atoms with Gasteiger partial charge in [0.05, 0.1) is 6.04 Å². The molecule has 1 saturated heterocycles.